The van der Waals surface area contributed by atoms with Gasteiger partial charge < -0.3 is 4.74 Å². The van der Waals surface area contributed by atoms with Crippen LogP contribution in [0, 0.1) is 18.6 Å². The summed E-state index contributed by atoms with van der Waals surface area (Å²) in [6.45, 7) is 1.51. The van der Waals surface area contributed by atoms with Crippen molar-refractivity contribution < 1.29 is 35.1 Å². The number of halogens is 5. The molecule has 0 aliphatic rings. The zero-order valence-corrected chi connectivity index (χ0v) is 16.0. The molecule has 158 valence electrons. The highest BCUT2D eigenvalue weighted by Gasteiger charge is 2.31. The number of nitrogens with zero attached hydrogens (tertiary/aromatic N) is 1. The predicted molar refractivity (Wildman–Crippen MR) is 97.8 cm³/mol. The van der Waals surface area contributed by atoms with Crippen LogP contribution in [-0.2, 0) is 10.0 Å². The topological polar surface area (TPSA) is 82.3 Å². The van der Waals surface area contributed by atoms with E-state index in [1.54, 1.807) is 0 Å². The predicted octanol–water partition coefficient (Wildman–Crippen LogP) is 4.55. The molecule has 0 spiro atoms. The second-order valence-electron chi connectivity index (χ2n) is 6.23. The van der Waals surface area contributed by atoms with Crippen molar-refractivity contribution in [1.82, 2.24) is 4.98 Å². The first kappa shape index (κ1) is 21.7. The molecule has 0 aliphatic heterocycles. The summed E-state index contributed by atoms with van der Waals surface area (Å²) in [6.07, 6.45) is -3.56. The lowest BCUT2D eigenvalue weighted by Gasteiger charge is -2.15. The van der Waals surface area contributed by atoms with Gasteiger partial charge in [0.05, 0.1) is 5.69 Å². The van der Waals surface area contributed by atoms with Gasteiger partial charge in [-0.1, -0.05) is 12.1 Å². The third kappa shape index (κ3) is 4.57. The fourth-order valence-corrected chi connectivity index (χ4v) is 3.50. The van der Waals surface area contributed by atoms with Crippen molar-refractivity contribution in [1.29, 1.82) is 0 Å². The number of pyridine rings is 1. The van der Waals surface area contributed by atoms with Crippen LogP contribution in [0.3, 0.4) is 0 Å². The highest BCUT2D eigenvalue weighted by Crippen LogP contribution is 2.36. The molecule has 0 atom stereocenters. The van der Waals surface area contributed by atoms with Gasteiger partial charge in [0.2, 0.25) is 10.0 Å². The molecule has 3 aromatic rings. The van der Waals surface area contributed by atoms with E-state index in [4.69, 9.17) is 5.14 Å². The largest absolute Gasteiger partial charge is 0.573 e. The highest BCUT2D eigenvalue weighted by molar-refractivity contribution is 7.89. The average Bonchev–Trinajstić information content (AvgIpc) is 2.61. The van der Waals surface area contributed by atoms with Crippen molar-refractivity contribution in [2.24, 2.45) is 5.14 Å². The van der Waals surface area contributed by atoms with Gasteiger partial charge in [0.1, 0.15) is 22.3 Å². The highest BCUT2D eigenvalue weighted by atomic mass is 32.2. The molecule has 2 N–H and O–H groups in total. The molecule has 1 aromatic heterocycles. The molecular weight excluding hydrogens is 431 g/mol. The maximum absolute atomic E-state index is 14.6. The molecule has 5 nitrogen and oxygen atoms in total. The van der Waals surface area contributed by atoms with E-state index in [-0.39, 0.29) is 16.8 Å². The van der Waals surface area contributed by atoms with E-state index in [2.05, 4.69) is 9.72 Å². The van der Waals surface area contributed by atoms with E-state index in [0.717, 1.165) is 12.1 Å². The smallest absolute Gasteiger partial charge is 0.406 e. The third-order valence-electron chi connectivity index (χ3n) is 4.11. The molecule has 0 saturated heterocycles. The fourth-order valence-electron chi connectivity index (χ4n) is 2.90. The minimum Gasteiger partial charge on any atom is -0.406 e. The van der Waals surface area contributed by atoms with Crippen LogP contribution in [0.4, 0.5) is 22.0 Å². The van der Waals surface area contributed by atoms with Crippen molar-refractivity contribution in [3.8, 4) is 28.1 Å². The van der Waals surface area contributed by atoms with Crippen molar-refractivity contribution >= 4 is 10.0 Å². The quantitative estimate of drug-likeness (QED) is 0.599. The van der Waals surface area contributed by atoms with Crippen LogP contribution >= 0.6 is 0 Å². The molecule has 0 fully saturated rings. The number of hydrogen-bond acceptors (Lipinski definition) is 4. The second kappa shape index (κ2) is 7.65. The number of benzene rings is 2. The number of aryl methyl sites for hydroxylation is 1. The van der Waals surface area contributed by atoms with Gasteiger partial charge in [0, 0.05) is 17.3 Å². The van der Waals surface area contributed by atoms with E-state index < -0.39 is 38.7 Å². The Labute approximate surface area is 168 Å². The first-order valence-electron chi connectivity index (χ1n) is 8.21. The first-order chi connectivity index (χ1) is 13.9. The Morgan fingerprint density at radius 1 is 0.967 bits per heavy atom. The molecule has 0 saturated carbocycles. The van der Waals surface area contributed by atoms with Gasteiger partial charge in [-0.2, -0.15) is 0 Å². The van der Waals surface area contributed by atoms with Gasteiger partial charge in [-0.25, -0.2) is 22.3 Å². The summed E-state index contributed by atoms with van der Waals surface area (Å²) in [4.78, 5) is 3.04. The Morgan fingerprint density at radius 2 is 1.67 bits per heavy atom. The SMILES string of the molecule is Cc1cc(OC(F)(F)F)ccc1-c1cccnc1-c1cc(F)c(S(N)(=O)=O)cc1F. The Kier molecular flexibility index (Phi) is 5.52. The Morgan fingerprint density at radius 3 is 2.27 bits per heavy atom. The van der Waals surface area contributed by atoms with Crippen LogP contribution in [0.5, 0.6) is 5.75 Å². The number of primary sulfonamides is 1. The summed E-state index contributed by atoms with van der Waals surface area (Å²) in [5.41, 5.74) is 0.652. The monoisotopic (exact) mass is 444 g/mol. The van der Waals surface area contributed by atoms with Crippen molar-refractivity contribution in [3.63, 3.8) is 0 Å². The molecule has 0 amide bonds. The van der Waals surface area contributed by atoms with Gasteiger partial charge >= 0.3 is 6.36 Å². The molecule has 2 aromatic carbocycles. The molecule has 30 heavy (non-hydrogen) atoms. The molecule has 3 rings (SSSR count). The summed E-state index contributed by atoms with van der Waals surface area (Å²) < 4.78 is 92.8. The van der Waals surface area contributed by atoms with Gasteiger partial charge in [0.15, 0.2) is 0 Å². The standard InChI is InChI=1S/C19H13F5N2O3S/c1-10-7-11(29-19(22,23)24)4-5-12(10)13-3-2-6-26-18(13)14-8-16(21)17(9-15(14)20)30(25,27)28/h2-9H,1H3,(H2,25,27,28). The van der Waals surface area contributed by atoms with Crippen LogP contribution in [-0.4, -0.2) is 19.8 Å². The molecule has 1 heterocycles. The summed E-state index contributed by atoms with van der Waals surface area (Å²) in [6, 6.07) is 7.66. The molecule has 0 radical (unpaired) electrons. The number of alkyl halides is 3. The fraction of sp³-hybridized carbons (Fsp3) is 0.105. The van der Waals surface area contributed by atoms with E-state index >= 15 is 0 Å². The lowest BCUT2D eigenvalue weighted by atomic mass is 9.95. The summed E-state index contributed by atoms with van der Waals surface area (Å²) >= 11 is 0. The number of aromatic nitrogens is 1. The molecule has 0 aliphatic carbocycles. The van der Waals surface area contributed by atoms with Crippen LogP contribution in [0.1, 0.15) is 5.56 Å². The maximum atomic E-state index is 14.6. The lowest BCUT2D eigenvalue weighted by molar-refractivity contribution is -0.274. The van der Waals surface area contributed by atoms with Crippen LogP contribution in [0.2, 0.25) is 0 Å². The van der Waals surface area contributed by atoms with Crippen molar-refractivity contribution in [3.05, 3.63) is 65.9 Å². The second-order valence-corrected chi connectivity index (χ2v) is 7.76. The summed E-state index contributed by atoms with van der Waals surface area (Å²) in [7, 11) is -4.48. The first-order valence-corrected chi connectivity index (χ1v) is 9.75. The van der Waals surface area contributed by atoms with Gasteiger partial charge in [-0.05, 0) is 48.4 Å². The zero-order valence-electron chi connectivity index (χ0n) is 15.2. The summed E-state index contributed by atoms with van der Waals surface area (Å²) in [5.74, 6) is -2.80. The molecule has 11 heteroatoms. The number of ether oxygens (including phenoxy) is 1. The van der Waals surface area contributed by atoms with E-state index in [9.17, 15) is 30.4 Å². The van der Waals surface area contributed by atoms with E-state index in [0.29, 0.717) is 23.3 Å². The molecule has 0 bridgehead atoms. The Balaban J connectivity index is 2.14. The molecular formula is C19H13F5N2O3S. The number of nitrogens with two attached hydrogens (primary N) is 1. The lowest BCUT2D eigenvalue weighted by Crippen LogP contribution is -2.17. The van der Waals surface area contributed by atoms with Crippen molar-refractivity contribution in [2.75, 3.05) is 0 Å². The number of rotatable bonds is 4. The van der Waals surface area contributed by atoms with Gasteiger partial charge in [-0.3, -0.25) is 4.98 Å². The Bertz CT molecular complexity index is 1230. The zero-order chi connectivity index (χ0) is 22.3. The van der Waals surface area contributed by atoms with Gasteiger partial charge in [0.25, 0.3) is 0 Å². The number of sulfonamides is 1. The van der Waals surface area contributed by atoms with Crippen LogP contribution in [0.15, 0.2) is 53.6 Å². The Hall–Kier alpha value is -3.05. The van der Waals surface area contributed by atoms with Crippen LogP contribution < -0.4 is 9.88 Å². The van der Waals surface area contributed by atoms with Gasteiger partial charge in [-0.15, -0.1) is 13.2 Å². The third-order valence-corrected chi connectivity index (χ3v) is 5.04. The normalized spacial score (nSPS) is 12.1. The van der Waals surface area contributed by atoms with Crippen LogP contribution in [0.25, 0.3) is 22.4 Å². The molecule has 0 unspecified atom stereocenters. The minimum absolute atomic E-state index is 0.0394. The minimum atomic E-state index is -4.86. The number of hydrogen-bond donors (Lipinski definition) is 1. The van der Waals surface area contributed by atoms with E-state index in [1.165, 1.54) is 31.3 Å². The van der Waals surface area contributed by atoms with E-state index in [1.807, 2.05) is 0 Å². The summed E-state index contributed by atoms with van der Waals surface area (Å²) in [5, 5.41) is 4.87. The maximum Gasteiger partial charge on any atom is 0.573 e. The average molecular weight is 444 g/mol. The van der Waals surface area contributed by atoms with Crippen molar-refractivity contribution in [2.45, 2.75) is 18.2 Å².